The Morgan fingerprint density at radius 1 is 1.23 bits per heavy atom. The minimum Gasteiger partial charge on any atom is -0.402 e. The number of ether oxygens (including phenoxy) is 1. The molecule has 0 spiro atoms. The summed E-state index contributed by atoms with van der Waals surface area (Å²) in [5.74, 6) is -0.221. The molecule has 0 fully saturated rings. The summed E-state index contributed by atoms with van der Waals surface area (Å²) in [6.45, 7) is 1.98. The number of benzene rings is 2. The van der Waals surface area contributed by atoms with E-state index in [0.29, 0.717) is 10.6 Å². The lowest BCUT2D eigenvalue weighted by Crippen LogP contribution is -2.06. The van der Waals surface area contributed by atoms with Crippen molar-refractivity contribution < 1.29 is 9.53 Å². The monoisotopic (exact) mass is 423 g/mol. The van der Waals surface area contributed by atoms with Crippen LogP contribution in [0.15, 0.2) is 53.2 Å². The van der Waals surface area contributed by atoms with E-state index in [1.807, 2.05) is 43.3 Å². The fourth-order valence-electron chi connectivity index (χ4n) is 2.08. The summed E-state index contributed by atoms with van der Waals surface area (Å²) < 4.78 is 6.26. The zero-order chi connectivity index (χ0) is 15.7. The lowest BCUT2D eigenvalue weighted by atomic mass is 10.1. The molecule has 0 saturated carbocycles. The normalized spacial score (nSPS) is 15.9. The lowest BCUT2D eigenvalue weighted by Gasteiger charge is -2.02. The molecule has 1 heterocycles. The third-order valence-electron chi connectivity index (χ3n) is 3.26. The molecule has 0 bridgehead atoms. The highest BCUT2D eigenvalue weighted by molar-refractivity contribution is 14.1. The number of hydrogen-bond acceptors (Lipinski definition) is 3. The standard InChI is InChI=1S/C17H11ClINO2/c1-10-4-2-3-5-11(10)8-15-17(21)22-16(20-15)13-9-12(19)6-7-14(13)18/h2-9H,1H3/b15-8-. The van der Waals surface area contributed by atoms with E-state index in [0.717, 1.165) is 14.7 Å². The summed E-state index contributed by atoms with van der Waals surface area (Å²) in [7, 11) is 0. The van der Waals surface area contributed by atoms with Crippen LogP contribution in [0.4, 0.5) is 0 Å². The van der Waals surface area contributed by atoms with Crippen LogP contribution in [-0.4, -0.2) is 11.9 Å². The Kier molecular flexibility index (Phi) is 4.31. The van der Waals surface area contributed by atoms with Crippen molar-refractivity contribution in [2.75, 3.05) is 0 Å². The lowest BCUT2D eigenvalue weighted by molar-refractivity contribution is -0.129. The van der Waals surface area contributed by atoms with Gasteiger partial charge in [-0.1, -0.05) is 35.9 Å². The van der Waals surface area contributed by atoms with Gasteiger partial charge in [0.2, 0.25) is 5.90 Å². The molecule has 2 aromatic carbocycles. The highest BCUT2D eigenvalue weighted by Crippen LogP contribution is 2.25. The van der Waals surface area contributed by atoms with Crippen LogP contribution in [0.1, 0.15) is 16.7 Å². The first-order chi connectivity index (χ1) is 10.5. The van der Waals surface area contributed by atoms with E-state index in [-0.39, 0.29) is 11.6 Å². The van der Waals surface area contributed by atoms with Gasteiger partial charge in [-0.05, 0) is 64.9 Å². The first-order valence-corrected chi connectivity index (χ1v) is 8.04. The van der Waals surface area contributed by atoms with E-state index in [1.165, 1.54) is 0 Å². The molecule has 2 aromatic rings. The van der Waals surface area contributed by atoms with Gasteiger partial charge in [-0.25, -0.2) is 9.79 Å². The van der Waals surface area contributed by atoms with Crippen LogP contribution >= 0.6 is 34.2 Å². The Balaban J connectivity index is 2.02. The molecule has 0 atom stereocenters. The van der Waals surface area contributed by atoms with Crippen LogP contribution in [0.3, 0.4) is 0 Å². The molecule has 0 unspecified atom stereocenters. The van der Waals surface area contributed by atoms with E-state index in [2.05, 4.69) is 27.6 Å². The number of aryl methyl sites for hydroxylation is 1. The summed E-state index contributed by atoms with van der Waals surface area (Å²) in [5.41, 5.74) is 2.90. The molecule has 0 amide bonds. The molecule has 0 N–H and O–H groups in total. The number of esters is 1. The van der Waals surface area contributed by atoms with Crippen molar-refractivity contribution in [1.82, 2.24) is 0 Å². The van der Waals surface area contributed by atoms with Crippen molar-refractivity contribution in [2.45, 2.75) is 6.92 Å². The number of carbonyl (C=O) groups is 1. The van der Waals surface area contributed by atoms with E-state index in [9.17, 15) is 4.79 Å². The fraction of sp³-hybridized carbons (Fsp3) is 0.0588. The average molecular weight is 424 g/mol. The van der Waals surface area contributed by atoms with Crippen LogP contribution in [0.2, 0.25) is 5.02 Å². The van der Waals surface area contributed by atoms with Gasteiger partial charge in [-0.2, -0.15) is 0 Å². The molecule has 22 heavy (non-hydrogen) atoms. The number of aliphatic imine (C=N–C) groups is 1. The molecule has 0 saturated heterocycles. The van der Waals surface area contributed by atoms with E-state index >= 15 is 0 Å². The highest BCUT2D eigenvalue weighted by atomic mass is 127. The van der Waals surface area contributed by atoms with Crippen molar-refractivity contribution in [3.63, 3.8) is 0 Å². The summed E-state index contributed by atoms with van der Waals surface area (Å²) in [4.78, 5) is 16.3. The Labute approximate surface area is 146 Å². The first-order valence-electron chi connectivity index (χ1n) is 6.58. The highest BCUT2D eigenvalue weighted by Gasteiger charge is 2.25. The molecular formula is C17H11ClINO2. The molecule has 3 nitrogen and oxygen atoms in total. The van der Waals surface area contributed by atoms with Gasteiger partial charge in [0.05, 0.1) is 10.6 Å². The van der Waals surface area contributed by atoms with Gasteiger partial charge in [0.1, 0.15) is 0 Å². The minimum atomic E-state index is -0.465. The molecule has 0 aliphatic carbocycles. The van der Waals surface area contributed by atoms with Gasteiger partial charge < -0.3 is 4.74 Å². The Morgan fingerprint density at radius 3 is 2.77 bits per heavy atom. The van der Waals surface area contributed by atoms with Gasteiger partial charge in [-0.15, -0.1) is 0 Å². The van der Waals surface area contributed by atoms with Crippen molar-refractivity contribution >= 4 is 52.1 Å². The summed E-state index contributed by atoms with van der Waals surface area (Å²) >= 11 is 8.34. The molecule has 0 radical (unpaired) electrons. The largest absolute Gasteiger partial charge is 0.402 e. The Morgan fingerprint density at radius 2 is 2.00 bits per heavy atom. The van der Waals surface area contributed by atoms with Crippen LogP contribution in [0, 0.1) is 10.5 Å². The molecule has 1 aliphatic rings. The van der Waals surface area contributed by atoms with Crippen molar-refractivity contribution in [3.05, 3.63) is 73.4 Å². The first kappa shape index (κ1) is 15.2. The number of halogens is 2. The number of hydrogen-bond donors (Lipinski definition) is 0. The van der Waals surface area contributed by atoms with Gasteiger partial charge in [0.25, 0.3) is 0 Å². The molecular weight excluding hydrogens is 413 g/mol. The zero-order valence-corrected chi connectivity index (χ0v) is 14.6. The summed E-state index contributed by atoms with van der Waals surface area (Å²) in [5, 5.41) is 0.504. The second kappa shape index (κ2) is 6.22. The maximum atomic E-state index is 12.0. The third kappa shape index (κ3) is 3.08. The number of carbonyl (C=O) groups excluding carboxylic acids is 1. The summed E-state index contributed by atoms with van der Waals surface area (Å²) in [6.07, 6.45) is 1.73. The summed E-state index contributed by atoms with van der Waals surface area (Å²) in [6, 6.07) is 13.3. The Bertz CT molecular complexity index is 827. The molecule has 3 rings (SSSR count). The molecule has 1 aliphatic heterocycles. The second-order valence-electron chi connectivity index (χ2n) is 4.82. The topological polar surface area (TPSA) is 38.7 Å². The van der Waals surface area contributed by atoms with E-state index in [1.54, 1.807) is 12.1 Å². The van der Waals surface area contributed by atoms with Crippen LogP contribution < -0.4 is 0 Å². The molecule has 110 valence electrons. The molecule has 0 aromatic heterocycles. The van der Waals surface area contributed by atoms with Crippen molar-refractivity contribution in [1.29, 1.82) is 0 Å². The quantitative estimate of drug-likeness (QED) is 0.402. The number of nitrogens with zero attached hydrogens (tertiary/aromatic N) is 1. The van der Waals surface area contributed by atoms with Crippen LogP contribution in [-0.2, 0) is 9.53 Å². The fourth-order valence-corrected chi connectivity index (χ4v) is 2.77. The number of rotatable bonds is 2. The third-order valence-corrected chi connectivity index (χ3v) is 4.26. The van der Waals surface area contributed by atoms with Gasteiger partial charge in [0.15, 0.2) is 5.70 Å². The minimum absolute atomic E-state index is 0.244. The van der Waals surface area contributed by atoms with Gasteiger partial charge in [-0.3, -0.25) is 0 Å². The smallest absolute Gasteiger partial charge is 0.363 e. The predicted molar refractivity (Wildman–Crippen MR) is 96.0 cm³/mol. The maximum absolute atomic E-state index is 12.0. The number of cyclic esters (lactones) is 1. The van der Waals surface area contributed by atoms with Crippen LogP contribution in [0.25, 0.3) is 6.08 Å². The molecule has 5 heteroatoms. The van der Waals surface area contributed by atoms with Crippen LogP contribution in [0.5, 0.6) is 0 Å². The van der Waals surface area contributed by atoms with E-state index < -0.39 is 5.97 Å². The van der Waals surface area contributed by atoms with E-state index in [4.69, 9.17) is 16.3 Å². The zero-order valence-electron chi connectivity index (χ0n) is 11.6. The van der Waals surface area contributed by atoms with Gasteiger partial charge in [0, 0.05) is 3.57 Å². The average Bonchev–Trinajstić information content (AvgIpc) is 2.85. The SMILES string of the molecule is Cc1ccccc1/C=C1\N=C(c2cc(I)ccc2Cl)OC1=O. The van der Waals surface area contributed by atoms with Crippen molar-refractivity contribution in [2.24, 2.45) is 4.99 Å². The predicted octanol–water partition coefficient (Wildman–Crippen LogP) is 4.60. The second-order valence-corrected chi connectivity index (χ2v) is 6.47. The maximum Gasteiger partial charge on any atom is 0.363 e. The Hall–Kier alpha value is -1.66. The van der Waals surface area contributed by atoms with Gasteiger partial charge >= 0.3 is 5.97 Å². The van der Waals surface area contributed by atoms with Crippen molar-refractivity contribution in [3.8, 4) is 0 Å².